The van der Waals surface area contributed by atoms with Gasteiger partial charge in [0.15, 0.2) is 5.82 Å². The van der Waals surface area contributed by atoms with Crippen LogP contribution in [0.15, 0.2) is 41.8 Å². The molecule has 104 valence electrons. The zero-order valence-corrected chi connectivity index (χ0v) is 12.3. The summed E-state index contributed by atoms with van der Waals surface area (Å²) in [6.07, 6.45) is 3.48. The van der Waals surface area contributed by atoms with Crippen LogP contribution in [0, 0.1) is 0 Å². The highest BCUT2D eigenvalue weighted by Crippen LogP contribution is 2.19. The van der Waals surface area contributed by atoms with E-state index in [2.05, 4.69) is 46.5 Å². The predicted octanol–water partition coefficient (Wildman–Crippen LogP) is 3.01. The molecule has 0 radical (unpaired) electrons. The first-order valence-corrected chi connectivity index (χ1v) is 6.52. The average Bonchev–Trinajstić information content (AvgIpc) is 2.45. The van der Waals surface area contributed by atoms with E-state index in [9.17, 15) is 0 Å². The van der Waals surface area contributed by atoms with E-state index in [1.165, 1.54) is 0 Å². The van der Waals surface area contributed by atoms with E-state index in [0.29, 0.717) is 5.82 Å². The smallest absolute Gasteiger partial charge is 0.168 e. The fourth-order valence-electron chi connectivity index (χ4n) is 1.59. The maximum absolute atomic E-state index is 4.29. The van der Waals surface area contributed by atoms with Crippen molar-refractivity contribution in [2.75, 3.05) is 5.43 Å². The number of hydrazone groups is 1. The summed E-state index contributed by atoms with van der Waals surface area (Å²) in [4.78, 5) is 3.98. The lowest BCUT2D eigenvalue weighted by molar-refractivity contribution is 0.559. The first-order valence-electron chi connectivity index (χ1n) is 6.52. The first kappa shape index (κ1) is 14.1. The minimum absolute atomic E-state index is 0.00174. The molecule has 0 fully saturated rings. The molecule has 2 aromatic heterocycles. The SMILES string of the molecule is C/C(=N\Nc1ccc(C(C)(C)C)nn1)c1ccncc1. The number of hydrogen-bond acceptors (Lipinski definition) is 5. The van der Waals surface area contributed by atoms with Crippen molar-refractivity contribution in [2.24, 2.45) is 5.10 Å². The Morgan fingerprint density at radius 2 is 1.75 bits per heavy atom. The molecule has 20 heavy (non-hydrogen) atoms. The van der Waals surface area contributed by atoms with Crippen LogP contribution < -0.4 is 5.43 Å². The number of nitrogens with one attached hydrogen (secondary N) is 1. The summed E-state index contributed by atoms with van der Waals surface area (Å²) in [6, 6.07) is 7.67. The lowest BCUT2D eigenvalue weighted by Gasteiger charge is -2.16. The molecule has 5 heteroatoms. The van der Waals surface area contributed by atoms with Crippen LogP contribution in [-0.4, -0.2) is 20.9 Å². The molecular weight excluding hydrogens is 250 g/mol. The minimum Gasteiger partial charge on any atom is -0.265 e. The highest BCUT2D eigenvalue weighted by molar-refractivity contribution is 5.98. The van der Waals surface area contributed by atoms with Gasteiger partial charge in [-0.15, -0.1) is 5.10 Å². The van der Waals surface area contributed by atoms with Gasteiger partial charge in [0.1, 0.15) is 0 Å². The second-order valence-corrected chi connectivity index (χ2v) is 5.60. The quantitative estimate of drug-likeness (QED) is 0.687. The Labute approximate surface area is 119 Å². The molecule has 0 aliphatic heterocycles. The number of pyridine rings is 1. The Morgan fingerprint density at radius 1 is 1.05 bits per heavy atom. The number of anilines is 1. The van der Waals surface area contributed by atoms with Gasteiger partial charge >= 0.3 is 0 Å². The first-order chi connectivity index (χ1) is 9.47. The largest absolute Gasteiger partial charge is 0.265 e. The molecule has 0 saturated heterocycles. The monoisotopic (exact) mass is 269 g/mol. The molecule has 0 bridgehead atoms. The third kappa shape index (κ3) is 3.60. The predicted molar refractivity (Wildman–Crippen MR) is 80.8 cm³/mol. The van der Waals surface area contributed by atoms with Gasteiger partial charge in [-0.3, -0.25) is 10.4 Å². The molecule has 2 aromatic rings. The second kappa shape index (κ2) is 5.77. The summed E-state index contributed by atoms with van der Waals surface area (Å²) >= 11 is 0. The molecule has 2 rings (SSSR count). The molecule has 0 saturated carbocycles. The van der Waals surface area contributed by atoms with Crippen molar-refractivity contribution in [3.05, 3.63) is 47.9 Å². The maximum atomic E-state index is 4.29. The maximum Gasteiger partial charge on any atom is 0.168 e. The molecule has 5 nitrogen and oxygen atoms in total. The van der Waals surface area contributed by atoms with Crippen molar-refractivity contribution in [1.82, 2.24) is 15.2 Å². The average molecular weight is 269 g/mol. The molecule has 0 spiro atoms. The lowest BCUT2D eigenvalue weighted by atomic mass is 9.92. The Morgan fingerprint density at radius 3 is 2.30 bits per heavy atom. The molecule has 0 aromatic carbocycles. The van der Waals surface area contributed by atoms with E-state index in [-0.39, 0.29) is 5.41 Å². The van der Waals surface area contributed by atoms with E-state index in [0.717, 1.165) is 17.0 Å². The van der Waals surface area contributed by atoms with E-state index < -0.39 is 0 Å². The van der Waals surface area contributed by atoms with Gasteiger partial charge in [-0.25, -0.2) is 0 Å². The minimum atomic E-state index is 0.00174. The summed E-state index contributed by atoms with van der Waals surface area (Å²) < 4.78 is 0. The fraction of sp³-hybridized carbons (Fsp3) is 0.333. The number of rotatable bonds is 3. The zero-order chi connectivity index (χ0) is 14.6. The van der Waals surface area contributed by atoms with Crippen molar-refractivity contribution in [1.29, 1.82) is 0 Å². The van der Waals surface area contributed by atoms with E-state index in [1.54, 1.807) is 12.4 Å². The van der Waals surface area contributed by atoms with Gasteiger partial charge in [0.2, 0.25) is 0 Å². The Bertz CT molecular complexity index is 582. The summed E-state index contributed by atoms with van der Waals surface area (Å²) in [6.45, 7) is 8.25. The van der Waals surface area contributed by atoms with Crippen LogP contribution in [0.3, 0.4) is 0 Å². The highest BCUT2D eigenvalue weighted by atomic mass is 15.3. The Hall–Kier alpha value is -2.30. The van der Waals surface area contributed by atoms with Gasteiger partial charge in [-0.05, 0) is 31.2 Å². The lowest BCUT2D eigenvalue weighted by Crippen LogP contribution is -2.14. The molecule has 0 aliphatic carbocycles. The van der Waals surface area contributed by atoms with Crippen molar-refractivity contribution in [2.45, 2.75) is 33.1 Å². The van der Waals surface area contributed by atoms with Crippen LogP contribution in [0.5, 0.6) is 0 Å². The number of aromatic nitrogens is 3. The van der Waals surface area contributed by atoms with Gasteiger partial charge in [0, 0.05) is 23.4 Å². The number of nitrogens with zero attached hydrogens (tertiary/aromatic N) is 4. The zero-order valence-electron chi connectivity index (χ0n) is 12.3. The summed E-state index contributed by atoms with van der Waals surface area (Å²) in [5.74, 6) is 0.631. The van der Waals surface area contributed by atoms with Gasteiger partial charge in [0.05, 0.1) is 11.4 Å². The summed E-state index contributed by atoms with van der Waals surface area (Å²) in [5, 5.41) is 12.6. The van der Waals surface area contributed by atoms with Gasteiger partial charge in [-0.2, -0.15) is 10.2 Å². The van der Waals surface area contributed by atoms with Gasteiger partial charge < -0.3 is 0 Å². The molecule has 0 unspecified atom stereocenters. The van der Waals surface area contributed by atoms with Gasteiger partial charge in [0.25, 0.3) is 0 Å². The third-order valence-electron chi connectivity index (χ3n) is 2.87. The van der Waals surface area contributed by atoms with Crippen molar-refractivity contribution in [3.8, 4) is 0 Å². The standard InChI is InChI=1S/C15H19N5/c1-11(12-7-9-16-10-8-12)17-19-14-6-5-13(18-20-14)15(2,3)4/h5-10H,1-4H3,(H,19,20)/b17-11+. The summed E-state index contributed by atoms with van der Waals surface area (Å²) in [7, 11) is 0. The Balaban J connectivity index is 2.08. The van der Waals surface area contributed by atoms with Crippen LogP contribution in [-0.2, 0) is 5.41 Å². The molecule has 1 N–H and O–H groups in total. The highest BCUT2D eigenvalue weighted by Gasteiger charge is 2.15. The van der Waals surface area contributed by atoms with Crippen molar-refractivity contribution >= 4 is 11.5 Å². The molecule has 0 aliphatic rings. The molecular formula is C15H19N5. The van der Waals surface area contributed by atoms with Crippen LogP contribution in [0.1, 0.15) is 39.0 Å². The number of hydrogen-bond donors (Lipinski definition) is 1. The second-order valence-electron chi connectivity index (χ2n) is 5.60. The van der Waals surface area contributed by atoms with Crippen LogP contribution in [0.2, 0.25) is 0 Å². The molecule has 0 amide bonds. The van der Waals surface area contributed by atoms with Crippen molar-refractivity contribution < 1.29 is 0 Å². The van der Waals surface area contributed by atoms with E-state index >= 15 is 0 Å². The Kier molecular flexibility index (Phi) is 4.08. The summed E-state index contributed by atoms with van der Waals surface area (Å²) in [5.41, 5.74) is 5.76. The van der Waals surface area contributed by atoms with Crippen molar-refractivity contribution in [3.63, 3.8) is 0 Å². The molecule has 0 atom stereocenters. The van der Waals surface area contributed by atoms with Crippen LogP contribution >= 0.6 is 0 Å². The fourth-order valence-corrected chi connectivity index (χ4v) is 1.59. The third-order valence-corrected chi connectivity index (χ3v) is 2.87. The van der Waals surface area contributed by atoms with E-state index in [1.807, 2.05) is 31.2 Å². The van der Waals surface area contributed by atoms with E-state index in [4.69, 9.17) is 0 Å². The van der Waals surface area contributed by atoms with Crippen LogP contribution in [0.25, 0.3) is 0 Å². The topological polar surface area (TPSA) is 63.1 Å². The normalized spacial score (nSPS) is 12.3. The van der Waals surface area contributed by atoms with Crippen LogP contribution in [0.4, 0.5) is 5.82 Å². The van der Waals surface area contributed by atoms with Gasteiger partial charge in [-0.1, -0.05) is 20.8 Å². The molecule has 2 heterocycles.